The number of ether oxygens (including phenoxy) is 2. The Morgan fingerprint density at radius 3 is 2.61 bits per heavy atom. The second-order valence-corrected chi connectivity index (χ2v) is 7.01. The minimum atomic E-state index is -0.565. The Bertz CT molecular complexity index is 1090. The average molecular weight is 451 g/mol. The highest BCUT2D eigenvalue weighted by Gasteiger charge is 2.25. The zero-order valence-corrected chi connectivity index (χ0v) is 18.4. The van der Waals surface area contributed by atoms with Crippen molar-refractivity contribution in [2.45, 2.75) is 20.0 Å². The third-order valence-electron chi connectivity index (χ3n) is 4.67. The monoisotopic (exact) mass is 451 g/mol. The van der Waals surface area contributed by atoms with Gasteiger partial charge >= 0.3 is 11.7 Å². The van der Waals surface area contributed by atoms with Gasteiger partial charge in [-0.25, -0.2) is 4.98 Å². The van der Waals surface area contributed by atoms with Crippen LogP contribution in [0, 0.1) is 10.1 Å². The normalized spacial score (nSPS) is 10.4. The molecular weight excluding hydrogens is 426 g/mol. The van der Waals surface area contributed by atoms with E-state index in [9.17, 15) is 14.9 Å². The third kappa shape index (κ3) is 6.63. The van der Waals surface area contributed by atoms with Crippen molar-refractivity contribution in [3.05, 3.63) is 82.0 Å². The minimum absolute atomic E-state index is 0.0278. The smallest absolute Gasteiger partial charge is 0.329 e. The van der Waals surface area contributed by atoms with Gasteiger partial charge in [0.15, 0.2) is 0 Å². The van der Waals surface area contributed by atoms with Gasteiger partial charge in [0.1, 0.15) is 18.5 Å². The van der Waals surface area contributed by atoms with Gasteiger partial charge in [0.05, 0.1) is 18.6 Å². The molecule has 172 valence electrons. The van der Waals surface area contributed by atoms with Crippen LogP contribution in [-0.4, -0.2) is 41.1 Å². The van der Waals surface area contributed by atoms with Crippen molar-refractivity contribution in [2.75, 3.05) is 30.5 Å². The molecule has 1 aromatic heterocycles. The number of nitrogens with one attached hydrogen (secondary N) is 1. The SMILES string of the molecule is CCOC(=O)CN(Cc1ccccc1)c1nc(NCc2cccc(OC)c2)ncc1[N+](=O)[O-]. The summed E-state index contributed by atoms with van der Waals surface area (Å²) in [5.74, 6) is 0.427. The largest absolute Gasteiger partial charge is 0.497 e. The second kappa shape index (κ2) is 11.4. The fraction of sp³-hybridized carbons (Fsp3) is 0.261. The first-order valence-corrected chi connectivity index (χ1v) is 10.3. The number of carbonyl (C=O) groups excluding carboxylic acids is 1. The number of nitrogens with zero attached hydrogens (tertiary/aromatic N) is 4. The molecule has 0 saturated heterocycles. The average Bonchev–Trinajstić information content (AvgIpc) is 2.83. The molecule has 1 N–H and O–H groups in total. The Morgan fingerprint density at radius 2 is 1.91 bits per heavy atom. The summed E-state index contributed by atoms with van der Waals surface area (Å²) in [5.41, 5.74) is 1.48. The number of hydrogen-bond acceptors (Lipinski definition) is 9. The number of hydrogen-bond donors (Lipinski definition) is 1. The summed E-state index contributed by atoms with van der Waals surface area (Å²) in [6, 6.07) is 16.8. The lowest BCUT2D eigenvalue weighted by molar-refractivity contribution is -0.384. The number of anilines is 2. The van der Waals surface area contributed by atoms with Gasteiger partial charge in [0.2, 0.25) is 11.8 Å². The topological polar surface area (TPSA) is 120 Å². The Balaban J connectivity index is 1.90. The Labute approximate surface area is 191 Å². The summed E-state index contributed by atoms with van der Waals surface area (Å²) in [4.78, 5) is 33.4. The van der Waals surface area contributed by atoms with Crippen LogP contribution in [0.15, 0.2) is 60.8 Å². The molecule has 0 bridgehead atoms. The maximum absolute atomic E-state index is 12.2. The molecule has 3 aromatic rings. The lowest BCUT2D eigenvalue weighted by atomic mass is 10.2. The summed E-state index contributed by atoms with van der Waals surface area (Å²) in [6.45, 7) is 2.32. The van der Waals surface area contributed by atoms with Crippen LogP contribution in [0.2, 0.25) is 0 Å². The summed E-state index contributed by atoms with van der Waals surface area (Å²) < 4.78 is 10.3. The van der Waals surface area contributed by atoms with Crippen molar-refractivity contribution in [3.8, 4) is 5.75 Å². The van der Waals surface area contributed by atoms with Crippen molar-refractivity contribution < 1.29 is 19.2 Å². The number of nitro groups is 1. The molecule has 0 saturated carbocycles. The van der Waals surface area contributed by atoms with Crippen LogP contribution in [0.1, 0.15) is 18.1 Å². The van der Waals surface area contributed by atoms with Crippen LogP contribution in [0.5, 0.6) is 5.75 Å². The van der Waals surface area contributed by atoms with Gasteiger partial charge in [0.25, 0.3) is 0 Å². The van der Waals surface area contributed by atoms with Gasteiger partial charge in [-0.05, 0) is 30.2 Å². The fourth-order valence-corrected chi connectivity index (χ4v) is 3.15. The van der Waals surface area contributed by atoms with Crippen molar-refractivity contribution in [2.24, 2.45) is 0 Å². The molecule has 1 heterocycles. The highest BCUT2D eigenvalue weighted by atomic mass is 16.6. The number of benzene rings is 2. The van der Waals surface area contributed by atoms with Crippen molar-refractivity contribution in [1.82, 2.24) is 9.97 Å². The molecule has 0 aliphatic heterocycles. The molecule has 0 spiro atoms. The van der Waals surface area contributed by atoms with Crippen LogP contribution in [0.3, 0.4) is 0 Å². The van der Waals surface area contributed by atoms with Crippen LogP contribution >= 0.6 is 0 Å². The van der Waals surface area contributed by atoms with Gasteiger partial charge < -0.3 is 19.7 Å². The third-order valence-corrected chi connectivity index (χ3v) is 4.67. The predicted octanol–water partition coefficient (Wildman–Crippen LogP) is 3.58. The first-order valence-electron chi connectivity index (χ1n) is 10.3. The molecule has 0 radical (unpaired) electrons. The van der Waals surface area contributed by atoms with Gasteiger partial charge in [-0.2, -0.15) is 4.98 Å². The van der Waals surface area contributed by atoms with Crippen molar-refractivity contribution in [3.63, 3.8) is 0 Å². The van der Waals surface area contributed by atoms with Crippen LogP contribution in [0.4, 0.5) is 17.5 Å². The van der Waals surface area contributed by atoms with Crippen LogP contribution in [0.25, 0.3) is 0 Å². The second-order valence-electron chi connectivity index (χ2n) is 7.01. The number of methoxy groups -OCH3 is 1. The van der Waals surface area contributed by atoms with Gasteiger partial charge in [-0.15, -0.1) is 0 Å². The quantitative estimate of drug-likeness (QED) is 0.265. The summed E-state index contributed by atoms with van der Waals surface area (Å²) >= 11 is 0. The molecule has 0 unspecified atom stereocenters. The molecular formula is C23H25N5O5. The molecule has 0 atom stereocenters. The Kier molecular flexibility index (Phi) is 8.12. The van der Waals surface area contributed by atoms with Crippen LogP contribution in [-0.2, 0) is 22.6 Å². The van der Waals surface area contributed by atoms with E-state index in [-0.39, 0.29) is 37.1 Å². The van der Waals surface area contributed by atoms with E-state index in [0.717, 1.165) is 17.3 Å². The van der Waals surface area contributed by atoms with E-state index in [1.807, 2.05) is 54.6 Å². The van der Waals surface area contributed by atoms with Crippen molar-refractivity contribution >= 4 is 23.4 Å². The molecule has 10 heteroatoms. The first-order chi connectivity index (χ1) is 16.0. The van der Waals surface area contributed by atoms with Gasteiger partial charge in [-0.3, -0.25) is 14.9 Å². The van der Waals surface area contributed by atoms with E-state index >= 15 is 0 Å². The van der Waals surface area contributed by atoms with E-state index in [2.05, 4.69) is 15.3 Å². The van der Waals surface area contributed by atoms with E-state index < -0.39 is 10.9 Å². The molecule has 0 aliphatic carbocycles. The Hall–Kier alpha value is -4.21. The highest BCUT2D eigenvalue weighted by molar-refractivity contribution is 5.77. The molecule has 33 heavy (non-hydrogen) atoms. The zero-order valence-electron chi connectivity index (χ0n) is 18.4. The van der Waals surface area contributed by atoms with E-state index in [0.29, 0.717) is 12.3 Å². The Morgan fingerprint density at radius 1 is 1.15 bits per heavy atom. The summed E-state index contributed by atoms with van der Waals surface area (Å²) in [6.07, 6.45) is 1.14. The lowest BCUT2D eigenvalue weighted by Crippen LogP contribution is -2.32. The van der Waals surface area contributed by atoms with Gasteiger partial charge in [-0.1, -0.05) is 42.5 Å². The van der Waals surface area contributed by atoms with E-state index in [1.54, 1.807) is 14.0 Å². The number of carbonyl (C=O) groups is 1. The maximum Gasteiger partial charge on any atom is 0.329 e. The van der Waals surface area contributed by atoms with Crippen molar-refractivity contribution in [1.29, 1.82) is 0 Å². The number of rotatable bonds is 11. The predicted molar refractivity (Wildman–Crippen MR) is 123 cm³/mol. The lowest BCUT2D eigenvalue weighted by Gasteiger charge is -2.23. The zero-order chi connectivity index (χ0) is 23.6. The van der Waals surface area contributed by atoms with Gasteiger partial charge in [0, 0.05) is 13.1 Å². The van der Waals surface area contributed by atoms with E-state index in [1.165, 1.54) is 4.90 Å². The minimum Gasteiger partial charge on any atom is -0.497 e. The molecule has 0 aliphatic rings. The molecule has 0 amide bonds. The number of aromatic nitrogens is 2. The summed E-state index contributed by atoms with van der Waals surface area (Å²) in [7, 11) is 1.59. The number of esters is 1. The molecule has 10 nitrogen and oxygen atoms in total. The molecule has 0 fully saturated rings. The highest BCUT2D eigenvalue weighted by Crippen LogP contribution is 2.28. The summed E-state index contributed by atoms with van der Waals surface area (Å²) in [5, 5.41) is 14.8. The first kappa shape index (κ1) is 23.5. The standard InChI is InChI=1S/C23H25N5O5/c1-3-33-21(29)16-27(15-17-8-5-4-6-9-17)22-20(28(30)31)14-25-23(26-22)24-13-18-10-7-11-19(12-18)32-2/h4-12,14H,3,13,15-16H2,1-2H3,(H,24,25,26). The van der Waals surface area contributed by atoms with E-state index in [4.69, 9.17) is 9.47 Å². The maximum atomic E-state index is 12.2. The fourth-order valence-electron chi connectivity index (χ4n) is 3.15. The molecule has 2 aromatic carbocycles. The molecule has 3 rings (SSSR count). The van der Waals surface area contributed by atoms with Crippen LogP contribution < -0.4 is 15.0 Å².